The Balaban J connectivity index is 0.00000147. The van der Waals surface area contributed by atoms with Gasteiger partial charge in [-0.15, -0.1) is 12.4 Å². The number of piperidine rings is 1. The smallest absolute Gasteiger partial charge is 0.222 e. The number of carbonyl (C=O) groups excluding carboxylic acids is 1. The lowest BCUT2D eigenvalue weighted by atomic mass is 9.78. The Hall–Kier alpha value is -0.580. The Bertz CT molecular complexity index is 419. The van der Waals surface area contributed by atoms with Gasteiger partial charge in [-0.25, -0.2) is 0 Å². The lowest BCUT2D eigenvalue weighted by Crippen LogP contribution is -2.44. The summed E-state index contributed by atoms with van der Waals surface area (Å²) in [4.78, 5) is 14.3. The highest BCUT2D eigenvalue weighted by Crippen LogP contribution is 2.37. The van der Waals surface area contributed by atoms with Crippen molar-refractivity contribution >= 4 is 29.7 Å². The molecule has 0 aliphatic carbocycles. The van der Waals surface area contributed by atoms with Gasteiger partial charge in [-0.3, -0.25) is 4.79 Å². The minimum absolute atomic E-state index is 0. The minimum atomic E-state index is 0. The van der Waals surface area contributed by atoms with Gasteiger partial charge in [-0.05, 0) is 60.0 Å². The summed E-state index contributed by atoms with van der Waals surface area (Å²) in [7, 11) is 0. The maximum Gasteiger partial charge on any atom is 0.222 e. The molecule has 3 nitrogen and oxygen atoms in total. The Labute approximate surface area is 131 Å². The molecule has 0 atom stereocenters. The van der Waals surface area contributed by atoms with Gasteiger partial charge in [0.15, 0.2) is 0 Å². The molecule has 1 aromatic rings. The molecular weight excluding hydrogens is 292 g/mol. The lowest BCUT2D eigenvalue weighted by molar-refractivity contribution is -0.133. The number of nitrogens with one attached hydrogen (secondary N) is 1. The fourth-order valence-corrected chi connectivity index (χ4v) is 4.00. The third-order valence-electron chi connectivity index (χ3n) is 4.72. The van der Waals surface area contributed by atoms with E-state index in [1.165, 1.54) is 24.8 Å². The van der Waals surface area contributed by atoms with E-state index < -0.39 is 0 Å². The number of amides is 1. The monoisotopic (exact) mass is 314 g/mol. The molecule has 2 fully saturated rings. The number of hydrogen-bond acceptors (Lipinski definition) is 3. The van der Waals surface area contributed by atoms with Crippen LogP contribution in [-0.2, 0) is 11.2 Å². The van der Waals surface area contributed by atoms with E-state index in [0.717, 1.165) is 32.6 Å². The summed E-state index contributed by atoms with van der Waals surface area (Å²) in [5.74, 6) is 0.340. The molecule has 2 aliphatic heterocycles. The number of aryl methyl sites for hydroxylation is 1. The van der Waals surface area contributed by atoms with Gasteiger partial charge in [0.25, 0.3) is 0 Å². The van der Waals surface area contributed by atoms with Gasteiger partial charge < -0.3 is 10.2 Å². The summed E-state index contributed by atoms with van der Waals surface area (Å²) < 4.78 is 0. The maximum atomic E-state index is 12.2. The molecule has 3 heterocycles. The first-order chi connectivity index (χ1) is 9.27. The lowest BCUT2D eigenvalue weighted by Gasteiger charge is -2.39. The molecule has 5 heteroatoms. The molecule has 0 radical (unpaired) electrons. The van der Waals surface area contributed by atoms with Crippen LogP contribution in [0.3, 0.4) is 0 Å². The molecule has 3 rings (SSSR count). The van der Waals surface area contributed by atoms with E-state index in [0.29, 0.717) is 17.7 Å². The summed E-state index contributed by atoms with van der Waals surface area (Å²) in [5, 5.41) is 7.69. The van der Waals surface area contributed by atoms with Crippen molar-refractivity contribution in [2.24, 2.45) is 5.41 Å². The van der Waals surface area contributed by atoms with Crippen LogP contribution in [0.4, 0.5) is 0 Å². The minimum Gasteiger partial charge on any atom is -0.343 e. The zero-order chi connectivity index (χ0) is 13.1. The number of likely N-dealkylation sites (tertiary alicyclic amines) is 1. The molecule has 0 saturated carbocycles. The molecular formula is C15H23ClN2OS. The van der Waals surface area contributed by atoms with Gasteiger partial charge in [0.05, 0.1) is 0 Å². The summed E-state index contributed by atoms with van der Waals surface area (Å²) in [6.07, 6.45) is 5.23. The molecule has 0 bridgehead atoms. The van der Waals surface area contributed by atoms with Crippen molar-refractivity contribution in [3.63, 3.8) is 0 Å². The SMILES string of the molecule is Cl.O=C(CCc1ccsc1)N1CCC2(CCNC2)CC1. The highest BCUT2D eigenvalue weighted by Gasteiger charge is 2.37. The standard InChI is InChI=1S/C15H22N2OS.ClH/c18-14(2-1-13-3-10-19-11-13)17-8-5-15(6-9-17)4-7-16-12-15;/h3,10-11,16H,1-2,4-9,12H2;1H. The fourth-order valence-electron chi connectivity index (χ4n) is 3.30. The molecule has 1 N–H and O–H groups in total. The van der Waals surface area contributed by atoms with E-state index >= 15 is 0 Å². The van der Waals surface area contributed by atoms with Crippen LogP contribution in [-0.4, -0.2) is 37.0 Å². The van der Waals surface area contributed by atoms with Crippen LogP contribution in [0.2, 0.25) is 0 Å². The van der Waals surface area contributed by atoms with E-state index in [9.17, 15) is 4.79 Å². The summed E-state index contributed by atoms with van der Waals surface area (Å²) in [6, 6.07) is 2.12. The molecule has 1 spiro atoms. The highest BCUT2D eigenvalue weighted by atomic mass is 35.5. The van der Waals surface area contributed by atoms with Gasteiger partial charge in [-0.2, -0.15) is 11.3 Å². The Kier molecular flexibility index (Phi) is 5.47. The van der Waals surface area contributed by atoms with Gasteiger partial charge in [0.1, 0.15) is 0 Å². The predicted octanol–water partition coefficient (Wildman–Crippen LogP) is 2.70. The second-order valence-electron chi connectivity index (χ2n) is 5.94. The molecule has 1 aromatic heterocycles. The van der Waals surface area contributed by atoms with Crippen LogP contribution in [0.15, 0.2) is 16.8 Å². The molecule has 2 saturated heterocycles. The number of hydrogen-bond donors (Lipinski definition) is 1. The largest absolute Gasteiger partial charge is 0.343 e. The fraction of sp³-hybridized carbons (Fsp3) is 0.667. The highest BCUT2D eigenvalue weighted by molar-refractivity contribution is 7.07. The maximum absolute atomic E-state index is 12.2. The zero-order valence-corrected chi connectivity index (χ0v) is 13.4. The Morgan fingerprint density at radius 2 is 2.15 bits per heavy atom. The molecule has 2 aliphatic rings. The van der Waals surface area contributed by atoms with Gasteiger partial charge in [0.2, 0.25) is 5.91 Å². The van der Waals surface area contributed by atoms with Gasteiger partial charge in [0, 0.05) is 26.1 Å². The van der Waals surface area contributed by atoms with E-state index in [-0.39, 0.29) is 12.4 Å². The van der Waals surface area contributed by atoms with Crippen LogP contribution in [0.5, 0.6) is 0 Å². The molecule has 0 unspecified atom stereocenters. The van der Waals surface area contributed by atoms with E-state index in [4.69, 9.17) is 0 Å². The number of carbonyl (C=O) groups is 1. The van der Waals surface area contributed by atoms with Crippen molar-refractivity contribution in [3.05, 3.63) is 22.4 Å². The number of thiophene rings is 1. The van der Waals surface area contributed by atoms with Crippen molar-refractivity contribution in [3.8, 4) is 0 Å². The first kappa shape index (κ1) is 15.8. The summed E-state index contributed by atoms with van der Waals surface area (Å²) >= 11 is 1.71. The van der Waals surface area contributed by atoms with Gasteiger partial charge in [-0.1, -0.05) is 0 Å². The van der Waals surface area contributed by atoms with Crippen molar-refractivity contribution < 1.29 is 4.79 Å². The summed E-state index contributed by atoms with van der Waals surface area (Å²) in [5.41, 5.74) is 1.80. The van der Waals surface area contributed by atoms with Crippen molar-refractivity contribution in [2.45, 2.75) is 32.1 Å². The molecule has 20 heavy (non-hydrogen) atoms. The normalized spacial score (nSPS) is 20.9. The second kappa shape index (κ2) is 6.92. The topological polar surface area (TPSA) is 32.3 Å². The first-order valence-electron chi connectivity index (χ1n) is 7.27. The number of rotatable bonds is 3. The number of halogens is 1. The van der Waals surface area contributed by atoms with E-state index in [1.54, 1.807) is 11.3 Å². The first-order valence-corrected chi connectivity index (χ1v) is 8.21. The van der Waals surface area contributed by atoms with Crippen LogP contribution in [0, 0.1) is 5.41 Å². The average Bonchev–Trinajstić information content (AvgIpc) is 3.09. The van der Waals surface area contributed by atoms with Crippen LogP contribution in [0.1, 0.15) is 31.2 Å². The van der Waals surface area contributed by atoms with Crippen molar-refractivity contribution in [1.82, 2.24) is 10.2 Å². The van der Waals surface area contributed by atoms with E-state index in [1.807, 2.05) is 0 Å². The molecule has 112 valence electrons. The molecule has 1 amide bonds. The van der Waals surface area contributed by atoms with Crippen LogP contribution in [0.25, 0.3) is 0 Å². The third-order valence-corrected chi connectivity index (χ3v) is 5.45. The zero-order valence-electron chi connectivity index (χ0n) is 11.8. The Morgan fingerprint density at radius 3 is 2.75 bits per heavy atom. The predicted molar refractivity (Wildman–Crippen MR) is 85.6 cm³/mol. The van der Waals surface area contributed by atoms with E-state index in [2.05, 4.69) is 27.0 Å². The second-order valence-corrected chi connectivity index (χ2v) is 6.72. The Morgan fingerprint density at radius 1 is 1.35 bits per heavy atom. The van der Waals surface area contributed by atoms with Crippen LogP contribution < -0.4 is 5.32 Å². The van der Waals surface area contributed by atoms with Gasteiger partial charge >= 0.3 is 0 Å². The van der Waals surface area contributed by atoms with Crippen molar-refractivity contribution in [1.29, 1.82) is 0 Å². The number of nitrogens with zero attached hydrogens (tertiary/aromatic N) is 1. The summed E-state index contributed by atoms with van der Waals surface area (Å²) in [6.45, 7) is 4.24. The van der Waals surface area contributed by atoms with Crippen molar-refractivity contribution in [2.75, 3.05) is 26.2 Å². The third kappa shape index (κ3) is 3.54. The molecule has 0 aromatic carbocycles. The quantitative estimate of drug-likeness (QED) is 0.930. The van der Waals surface area contributed by atoms with Crippen LogP contribution >= 0.6 is 23.7 Å². The average molecular weight is 315 g/mol.